The molecule has 108 valence electrons. The number of hydrogen-bond acceptors (Lipinski definition) is 5. The van der Waals surface area contributed by atoms with Crippen molar-refractivity contribution in [2.45, 2.75) is 6.04 Å². The standard InChI is InChI=1S/C14H15N5O2/c15-13(20)12-8-16-5-6-19(12)14(21)11-7-17-9-3-1-2-4-10(9)18-11/h1-4,7,12,16H,5-6,8H2,(H2,15,20). The number of piperazine rings is 1. The fraction of sp³-hybridized carbons (Fsp3) is 0.286. The number of primary amides is 1. The Hall–Kier alpha value is -2.54. The van der Waals surface area contributed by atoms with E-state index in [-0.39, 0.29) is 11.6 Å². The van der Waals surface area contributed by atoms with Crippen LogP contribution < -0.4 is 11.1 Å². The van der Waals surface area contributed by atoms with Gasteiger partial charge >= 0.3 is 0 Å². The van der Waals surface area contributed by atoms with Gasteiger partial charge in [-0.15, -0.1) is 0 Å². The number of amides is 2. The lowest BCUT2D eigenvalue weighted by atomic mass is 10.1. The zero-order valence-corrected chi connectivity index (χ0v) is 11.3. The number of para-hydroxylation sites is 2. The van der Waals surface area contributed by atoms with Gasteiger partial charge in [0.05, 0.1) is 17.2 Å². The molecule has 2 aromatic rings. The first kappa shape index (κ1) is 13.4. The van der Waals surface area contributed by atoms with Crippen LogP contribution >= 0.6 is 0 Å². The summed E-state index contributed by atoms with van der Waals surface area (Å²) in [6.45, 7) is 1.40. The SMILES string of the molecule is NC(=O)C1CNCCN1C(=O)c1cnc2ccccc2n1. The summed E-state index contributed by atoms with van der Waals surface area (Å²) in [6, 6.07) is 6.66. The van der Waals surface area contributed by atoms with E-state index in [1.165, 1.54) is 11.1 Å². The molecule has 3 rings (SSSR count). The number of rotatable bonds is 2. The van der Waals surface area contributed by atoms with Crippen LogP contribution in [0.4, 0.5) is 0 Å². The number of aromatic nitrogens is 2. The van der Waals surface area contributed by atoms with Crippen LogP contribution in [0, 0.1) is 0 Å². The fourth-order valence-corrected chi connectivity index (χ4v) is 2.41. The highest BCUT2D eigenvalue weighted by molar-refractivity contribution is 5.97. The first-order chi connectivity index (χ1) is 10.2. The first-order valence-corrected chi connectivity index (χ1v) is 6.69. The lowest BCUT2D eigenvalue weighted by molar-refractivity contribution is -0.122. The number of carbonyl (C=O) groups excluding carboxylic acids is 2. The van der Waals surface area contributed by atoms with E-state index >= 15 is 0 Å². The smallest absolute Gasteiger partial charge is 0.274 e. The zero-order valence-electron chi connectivity index (χ0n) is 11.3. The highest BCUT2D eigenvalue weighted by atomic mass is 16.2. The van der Waals surface area contributed by atoms with Gasteiger partial charge in [0.1, 0.15) is 11.7 Å². The molecule has 2 amide bonds. The van der Waals surface area contributed by atoms with Crippen molar-refractivity contribution in [1.82, 2.24) is 20.2 Å². The van der Waals surface area contributed by atoms with Crippen LogP contribution in [0.5, 0.6) is 0 Å². The van der Waals surface area contributed by atoms with E-state index in [4.69, 9.17) is 5.73 Å². The second-order valence-electron chi connectivity index (χ2n) is 4.86. The van der Waals surface area contributed by atoms with Gasteiger partial charge in [0, 0.05) is 19.6 Å². The van der Waals surface area contributed by atoms with Crippen LogP contribution in [-0.2, 0) is 4.79 Å². The molecule has 1 saturated heterocycles. The van der Waals surface area contributed by atoms with Crippen LogP contribution in [0.25, 0.3) is 11.0 Å². The largest absolute Gasteiger partial charge is 0.368 e. The van der Waals surface area contributed by atoms with Gasteiger partial charge in [0.25, 0.3) is 5.91 Å². The predicted octanol–water partition coefficient (Wildman–Crippen LogP) is -0.471. The highest BCUT2D eigenvalue weighted by Crippen LogP contribution is 2.12. The number of nitrogens with one attached hydrogen (secondary N) is 1. The number of hydrogen-bond donors (Lipinski definition) is 2. The molecule has 0 aliphatic carbocycles. The van der Waals surface area contributed by atoms with E-state index in [0.717, 1.165) is 5.52 Å². The molecular weight excluding hydrogens is 270 g/mol. The van der Waals surface area contributed by atoms with E-state index in [2.05, 4.69) is 15.3 Å². The Morgan fingerprint density at radius 2 is 2.05 bits per heavy atom. The maximum atomic E-state index is 12.5. The van der Waals surface area contributed by atoms with Gasteiger partial charge in [0.2, 0.25) is 5.91 Å². The van der Waals surface area contributed by atoms with Crippen molar-refractivity contribution >= 4 is 22.8 Å². The minimum absolute atomic E-state index is 0.224. The Labute approximate surface area is 121 Å². The van der Waals surface area contributed by atoms with Gasteiger partial charge in [0.15, 0.2) is 0 Å². The molecule has 0 spiro atoms. The fourth-order valence-electron chi connectivity index (χ4n) is 2.41. The molecule has 1 aliphatic rings. The molecule has 1 aliphatic heterocycles. The lowest BCUT2D eigenvalue weighted by Crippen LogP contribution is -2.58. The summed E-state index contributed by atoms with van der Waals surface area (Å²) in [6.07, 6.45) is 1.44. The van der Waals surface area contributed by atoms with E-state index < -0.39 is 11.9 Å². The van der Waals surface area contributed by atoms with Crippen molar-refractivity contribution in [2.75, 3.05) is 19.6 Å². The summed E-state index contributed by atoms with van der Waals surface area (Å²) in [4.78, 5) is 34.0. The molecule has 1 atom stereocenters. The maximum absolute atomic E-state index is 12.5. The summed E-state index contributed by atoms with van der Waals surface area (Å²) in [5.41, 5.74) is 6.95. The molecule has 7 heteroatoms. The average Bonchev–Trinajstić information content (AvgIpc) is 2.53. The van der Waals surface area contributed by atoms with Gasteiger partial charge in [-0.1, -0.05) is 12.1 Å². The topological polar surface area (TPSA) is 101 Å². The van der Waals surface area contributed by atoms with Gasteiger partial charge in [-0.25, -0.2) is 4.98 Å². The third kappa shape index (κ3) is 2.55. The summed E-state index contributed by atoms with van der Waals surface area (Å²) in [5, 5.41) is 3.05. The summed E-state index contributed by atoms with van der Waals surface area (Å²) < 4.78 is 0. The summed E-state index contributed by atoms with van der Waals surface area (Å²) in [5.74, 6) is -0.845. The van der Waals surface area contributed by atoms with Crippen LogP contribution in [0.1, 0.15) is 10.5 Å². The molecule has 0 radical (unpaired) electrons. The second kappa shape index (κ2) is 5.45. The highest BCUT2D eigenvalue weighted by Gasteiger charge is 2.31. The average molecular weight is 285 g/mol. The lowest BCUT2D eigenvalue weighted by Gasteiger charge is -2.33. The monoisotopic (exact) mass is 285 g/mol. The van der Waals surface area contributed by atoms with E-state index in [1.54, 1.807) is 6.07 Å². The number of nitrogens with zero attached hydrogens (tertiary/aromatic N) is 3. The number of fused-ring (bicyclic) bond motifs is 1. The Balaban J connectivity index is 1.93. The van der Waals surface area contributed by atoms with Crippen molar-refractivity contribution in [1.29, 1.82) is 0 Å². The zero-order chi connectivity index (χ0) is 14.8. The summed E-state index contributed by atoms with van der Waals surface area (Å²) >= 11 is 0. The van der Waals surface area contributed by atoms with Gasteiger partial charge in [-0.05, 0) is 12.1 Å². The van der Waals surface area contributed by atoms with Crippen LogP contribution in [0.15, 0.2) is 30.5 Å². The van der Waals surface area contributed by atoms with Crippen LogP contribution in [0.3, 0.4) is 0 Å². The normalized spacial score (nSPS) is 18.7. The molecule has 7 nitrogen and oxygen atoms in total. The molecule has 1 aromatic carbocycles. The molecule has 1 fully saturated rings. The maximum Gasteiger partial charge on any atom is 0.274 e. The van der Waals surface area contributed by atoms with Gasteiger partial charge in [-0.2, -0.15) is 0 Å². The molecular formula is C14H15N5O2. The molecule has 1 aromatic heterocycles. The summed E-state index contributed by atoms with van der Waals surface area (Å²) in [7, 11) is 0. The Morgan fingerprint density at radius 3 is 2.81 bits per heavy atom. The third-order valence-electron chi connectivity index (χ3n) is 3.50. The van der Waals surface area contributed by atoms with Gasteiger partial charge in [-0.3, -0.25) is 14.6 Å². The van der Waals surface area contributed by atoms with Crippen molar-refractivity contribution in [3.63, 3.8) is 0 Å². The number of nitrogens with two attached hydrogens (primary N) is 1. The minimum Gasteiger partial charge on any atom is -0.368 e. The molecule has 3 N–H and O–H groups in total. The first-order valence-electron chi connectivity index (χ1n) is 6.69. The molecule has 21 heavy (non-hydrogen) atoms. The minimum atomic E-state index is -0.653. The third-order valence-corrected chi connectivity index (χ3v) is 3.50. The number of benzene rings is 1. The Bertz CT molecular complexity index is 703. The Morgan fingerprint density at radius 1 is 1.29 bits per heavy atom. The van der Waals surface area contributed by atoms with Crippen LogP contribution in [0.2, 0.25) is 0 Å². The van der Waals surface area contributed by atoms with Crippen molar-refractivity contribution in [3.8, 4) is 0 Å². The van der Waals surface area contributed by atoms with E-state index in [9.17, 15) is 9.59 Å². The van der Waals surface area contributed by atoms with Crippen molar-refractivity contribution in [3.05, 3.63) is 36.2 Å². The van der Waals surface area contributed by atoms with Gasteiger partial charge < -0.3 is 16.0 Å². The van der Waals surface area contributed by atoms with Crippen molar-refractivity contribution in [2.24, 2.45) is 5.73 Å². The molecule has 2 heterocycles. The van der Waals surface area contributed by atoms with E-state index in [0.29, 0.717) is 25.2 Å². The van der Waals surface area contributed by atoms with E-state index in [1.807, 2.05) is 18.2 Å². The molecule has 1 unspecified atom stereocenters. The Kier molecular flexibility index (Phi) is 3.49. The van der Waals surface area contributed by atoms with Crippen LogP contribution in [-0.4, -0.2) is 52.4 Å². The molecule has 0 saturated carbocycles. The quantitative estimate of drug-likeness (QED) is 0.776. The number of carbonyl (C=O) groups is 2. The van der Waals surface area contributed by atoms with Crippen molar-refractivity contribution < 1.29 is 9.59 Å². The second-order valence-corrected chi connectivity index (χ2v) is 4.86. The molecule has 0 bridgehead atoms. The predicted molar refractivity (Wildman–Crippen MR) is 76.4 cm³/mol.